The fourth-order valence-electron chi connectivity index (χ4n) is 3.05. The number of nitrogens with one attached hydrogen (secondary N) is 1. The lowest BCUT2D eigenvalue weighted by Gasteiger charge is -2.10. The topological polar surface area (TPSA) is 46.9 Å². The molecule has 0 atom stereocenters. The molecule has 1 heterocycles. The van der Waals surface area contributed by atoms with Crippen LogP contribution in [0.25, 0.3) is 11.0 Å². The third-order valence-electron chi connectivity index (χ3n) is 4.36. The van der Waals surface area contributed by atoms with Crippen LogP contribution in [0.2, 0.25) is 0 Å². The highest BCUT2D eigenvalue weighted by molar-refractivity contribution is 9.10. The first-order valence-electron chi connectivity index (χ1n) is 9.12. The van der Waals surface area contributed by atoms with Crippen LogP contribution in [0.5, 0.6) is 0 Å². The number of nitrogens with zero attached hydrogens (tertiary/aromatic N) is 2. The Hall–Kier alpha value is -2.14. The van der Waals surface area contributed by atoms with Crippen LogP contribution in [0.4, 0.5) is 0 Å². The summed E-state index contributed by atoms with van der Waals surface area (Å²) < 4.78 is 3.37. The van der Waals surface area contributed by atoms with E-state index in [2.05, 4.69) is 68.3 Å². The number of carbonyl (C=O) groups is 1. The average Bonchev–Trinajstić information content (AvgIpc) is 2.98. The molecular weight excluding hydrogens is 390 g/mol. The molecule has 5 heteroatoms. The summed E-state index contributed by atoms with van der Waals surface area (Å²) in [5.41, 5.74) is 3.42. The van der Waals surface area contributed by atoms with E-state index < -0.39 is 0 Å². The maximum atomic E-state index is 11.6. The summed E-state index contributed by atoms with van der Waals surface area (Å²) in [6.07, 6.45) is 3.22. The number of imidazole rings is 1. The Morgan fingerprint density at radius 3 is 2.69 bits per heavy atom. The molecule has 0 aliphatic rings. The Balaban J connectivity index is 1.74. The number of benzene rings is 2. The van der Waals surface area contributed by atoms with Gasteiger partial charge in [-0.3, -0.25) is 4.79 Å². The van der Waals surface area contributed by atoms with Gasteiger partial charge in [-0.2, -0.15) is 0 Å². The molecule has 1 aromatic heterocycles. The number of fused-ring (bicyclic) bond motifs is 1. The van der Waals surface area contributed by atoms with Gasteiger partial charge >= 0.3 is 0 Å². The Kier molecular flexibility index (Phi) is 6.45. The Morgan fingerprint density at radius 1 is 1.15 bits per heavy atom. The highest BCUT2D eigenvalue weighted by atomic mass is 79.9. The molecule has 0 spiro atoms. The summed E-state index contributed by atoms with van der Waals surface area (Å²) >= 11 is 3.49. The van der Waals surface area contributed by atoms with Crippen LogP contribution in [-0.2, 0) is 17.8 Å². The van der Waals surface area contributed by atoms with E-state index in [4.69, 9.17) is 4.98 Å². The molecule has 2 aromatic carbocycles. The number of rotatable bonds is 8. The van der Waals surface area contributed by atoms with Crippen molar-refractivity contribution < 1.29 is 4.79 Å². The molecule has 3 aromatic rings. The molecular formula is C21H24BrN3O. The summed E-state index contributed by atoms with van der Waals surface area (Å²) in [5, 5.41) is 2.98. The number of hydrogen-bond donors (Lipinski definition) is 1. The SMILES string of the molecule is CCCC(=O)NCCCc1nc2ccccc2n1Cc1ccc(Br)cc1. The molecule has 1 amide bonds. The van der Waals surface area contributed by atoms with Crippen molar-refractivity contribution in [2.24, 2.45) is 0 Å². The molecule has 26 heavy (non-hydrogen) atoms. The van der Waals surface area contributed by atoms with Crippen molar-refractivity contribution in [1.82, 2.24) is 14.9 Å². The van der Waals surface area contributed by atoms with Gasteiger partial charge in [-0.15, -0.1) is 0 Å². The molecule has 4 nitrogen and oxygen atoms in total. The first kappa shape index (κ1) is 18.6. The van der Waals surface area contributed by atoms with E-state index in [0.29, 0.717) is 13.0 Å². The fourth-order valence-corrected chi connectivity index (χ4v) is 3.32. The van der Waals surface area contributed by atoms with Gasteiger partial charge in [0, 0.05) is 30.4 Å². The van der Waals surface area contributed by atoms with Crippen LogP contribution in [0.15, 0.2) is 53.0 Å². The molecule has 3 rings (SSSR count). The van der Waals surface area contributed by atoms with Gasteiger partial charge in [-0.05, 0) is 42.7 Å². The largest absolute Gasteiger partial charge is 0.356 e. The predicted molar refractivity (Wildman–Crippen MR) is 109 cm³/mol. The van der Waals surface area contributed by atoms with E-state index in [-0.39, 0.29) is 5.91 Å². The van der Waals surface area contributed by atoms with E-state index in [9.17, 15) is 4.79 Å². The first-order valence-corrected chi connectivity index (χ1v) is 9.92. The zero-order valence-corrected chi connectivity index (χ0v) is 16.6. The van der Waals surface area contributed by atoms with Gasteiger partial charge in [-0.25, -0.2) is 4.98 Å². The van der Waals surface area contributed by atoms with Gasteiger partial charge in [0.2, 0.25) is 5.91 Å². The minimum atomic E-state index is 0.135. The highest BCUT2D eigenvalue weighted by Gasteiger charge is 2.11. The number of aromatic nitrogens is 2. The quantitative estimate of drug-likeness (QED) is 0.544. The molecule has 136 valence electrons. The molecule has 1 N–H and O–H groups in total. The molecule has 0 radical (unpaired) electrons. The van der Waals surface area contributed by atoms with E-state index in [0.717, 1.165) is 47.1 Å². The lowest BCUT2D eigenvalue weighted by molar-refractivity contribution is -0.121. The van der Waals surface area contributed by atoms with Gasteiger partial charge < -0.3 is 9.88 Å². The second kappa shape index (κ2) is 8.99. The van der Waals surface area contributed by atoms with Crippen molar-refractivity contribution in [3.8, 4) is 0 Å². The zero-order valence-electron chi connectivity index (χ0n) is 15.0. The molecule has 0 unspecified atom stereocenters. The van der Waals surface area contributed by atoms with Gasteiger partial charge in [0.25, 0.3) is 0 Å². The van der Waals surface area contributed by atoms with Crippen LogP contribution >= 0.6 is 15.9 Å². The smallest absolute Gasteiger partial charge is 0.219 e. The number of hydrogen-bond acceptors (Lipinski definition) is 2. The lowest BCUT2D eigenvalue weighted by atomic mass is 10.2. The molecule has 0 aliphatic heterocycles. The van der Waals surface area contributed by atoms with Crippen molar-refractivity contribution >= 4 is 32.9 Å². The molecule has 0 saturated heterocycles. The van der Waals surface area contributed by atoms with Gasteiger partial charge in [0.1, 0.15) is 5.82 Å². The second-order valence-corrected chi connectivity index (χ2v) is 7.35. The molecule has 0 fully saturated rings. The molecule has 0 aliphatic carbocycles. The van der Waals surface area contributed by atoms with E-state index in [1.165, 1.54) is 5.56 Å². The average molecular weight is 414 g/mol. The van der Waals surface area contributed by atoms with Crippen LogP contribution in [-0.4, -0.2) is 22.0 Å². The van der Waals surface area contributed by atoms with Crippen LogP contribution in [0.1, 0.15) is 37.6 Å². The molecule has 0 bridgehead atoms. The van der Waals surface area contributed by atoms with E-state index in [1.807, 2.05) is 13.0 Å². The van der Waals surface area contributed by atoms with Crippen molar-refractivity contribution in [2.45, 2.75) is 39.2 Å². The minimum absolute atomic E-state index is 0.135. The summed E-state index contributed by atoms with van der Waals surface area (Å²) in [6, 6.07) is 16.6. The van der Waals surface area contributed by atoms with Gasteiger partial charge in [0.05, 0.1) is 11.0 Å². The van der Waals surface area contributed by atoms with E-state index in [1.54, 1.807) is 0 Å². The number of amides is 1. The maximum Gasteiger partial charge on any atom is 0.219 e. The number of halogens is 1. The fraction of sp³-hybridized carbons (Fsp3) is 0.333. The van der Waals surface area contributed by atoms with Crippen molar-refractivity contribution in [3.63, 3.8) is 0 Å². The van der Waals surface area contributed by atoms with Gasteiger partial charge in [-0.1, -0.05) is 47.1 Å². The lowest BCUT2D eigenvalue weighted by Crippen LogP contribution is -2.24. The Labute approximate surface area is 162 Å². The number of para-hydroxylation sites is 2. The monoisotopic (exact) mass is 413 g/mol. The maximum absolute atomic E-state index is 11.6. The summed E-state index contributed by atoms with van der Waals surface area (Å²) in [5.74, 6) is 1.20. The van der Waals surface area contributed by atoms with Gasteiger partial charge in [0.15, 0.2) is 0 Å². The Morgan fingerprint density at radius 2 is 1.92 bits per heavy atom. The predicted octanol–water partition coefficient (Wildman–Crippen LogP) is 4.70. The van der Waals surface area contributed by atoms with Crippen molar-refractivity contribution in [1.29, 1.82) is 0 Å². The van der Waals surface area contributed by atoms with Crippen LogP contribution in [0, 0.1) is 0 Å². The van der Waals surface area contributed by atoms with E-state index >= 15 is 0 Å². The number of aryl methyl sites for hydroxylation is 1. The second-order valence-electron chi connectivity index (χ2n) is 6.43. The zero-order chi connectivity index (χ0) is 18.4. The minimum Gasteiger partial charge on any atom is -0.356 e. The first-order chi connectivity index (χ1) is 12.7. The van der Waals surface area contributed by atoms with Crippen molar-refractivity contribution in [2.75, 3.05) is 6.54 Å². The molecule has 0 saturated carbocycles. The Bertz CT molecular complexity index is 871. The van der Waals surface area contributed by atoms with Crippen molar-refractivity contribution in [3.05, 3.63) is 64.4 Å². The highest BCUT2D eigenvalue weighted by Crippen LogP contribution is 2.20. The standard InChI is InChI=1S/C21H24BrN3O/c1-2-6-21(26)23-14-5-9-20-24-18-7-3-4-8-19(18)25(20)15-16-10-12-17(22)13-11-16/h3-4,7-8,10-13H,2,5-6,9,14-15H2,1H3,(H,23,26). The van der Waals surface area contributed by atoms with Crippen LogP contribution in [0.3, 0.4) is 0 Å². The van der Waals surface area contributed by atoms with Crippen LogP contribution < -0.4 is 5.32 Å². The number of carbonyl (C=O) groups excluding carboxylic acids is 1. The third kappa shape index (κ3) is 4.73. The summed E-state index contributed by atoms with van der Waals surface area (Å²) in [6.45, 7) is 3.51. The third-order valence-corrected chi connectivity index (χ3v) is 4.89. The summed E-state index contributed by atoms with van der Waals surface area (Å²) in [7, 11) is 0. The normalized spacial score (nSPS) is 11.0. The summed E-state index contributed by atoms with van der Waals surface area (Å²) in [4.78, 5) is 16.4.